The van der Waals surface area contributed by atoms with E-state index in [9.17, 15) is 13.8 Å². The molecule has 0 aromatic heterocycles. The maximum absolute atomic E-state index is 11.8. The summed E-state index contributed by atoms with van der Waals surface area (Å²) in [4.78, 5) is 23.0. The molecule has 21 heavy (non-hydrogen) atoms. The first kappa shape index (κ1) is 17.6. The lowest BCUT2D eigenvalue weighted by atomic mass is 10.2. The van der Waals surface area contributed by atoms with E-state index in [1.54, 1.807) is 19.2 Å². The molecule has 0 saturated heterocycles. The van der Waals surface area contributed by atoms with Crippen molar-refractivity contribution in [2.24, 2.45) is 0 Å². The van der Waals surface area contributed by atoms with Crippen LogP contribution in [0.5, 0.6) is 0 Å². The van der Waals surface area contributed by atoms with Crippen LogP contribution in [-0.4, -0.2) is 39.4 Å². The molecule has 6 nitrogen and oxygen atoms in total. The fourth-order valence-electron chi connectivity index (χ4n) is 1.60. The number of carbonyl (C=O) groups excluding carboxylic acids is 1. The van der Waals surface area contributed by atoms with Gasteiger partial charge in [-0.3, -0.25) is 4.21 Å². The van der Waals surface area contributed by atoms with Crippen LogP contribution < -0.4 is 10.6 Å². The Morgan fingerprint density at radius 1 is 1.43 bits per heavy atom. The van der Waals surface area contributed by atoms with Gasteiger partial charge in [0, 0.05) is 33.3 Å². The molecule has 0 aliphatic rings. The maximum Gasteiger partial charge on any atom is 0.337 e. The number of anilines is 1. The molecule has 116 valence electrons. The molecule has 1 aromatic rings. The minimum Gasteiger partial charge on any atom is -0.478 e. The van der Waals surface area contributed by atoms with Gasteiger partial charge in [0.05, 0.1) is 11.3 Å². The fourth-order valence-corrected chi connectivity index (χ4v) is 2.65. The first-order valence-corrected chi connectivity index (χ1v) is 8.72. The summed E-state index contributed by atoms with van der Waals surface area (Å²) in [5.74, 6) is -0.624. The lowest BCUT2D eigenvalue weighted by Crippen LogP contribution is -2.37. The number of hydrogen-bond acceptors (Lipinski definition) is 3. The lowest BCUT2D eigenvalue weighted by molar-refractivity contribution is 0.0698. The van der Waals surface area contributed by atoms with Gasteiger partial charge >= 0.3 is 12.0 Å². The summed E-state index contributed by atoms with van der Waals surface area (Å²) in [5, 5.41) is 14.3. The van der Waals surface area contributed by atoms with Crippen LogP contribution in [0.2, 0.25) is 0 Å². The molecule has 0 aliphatic carbocycles. The average Bonchev–Trinajstić information content (AvgIpc) is 2.38. The number of amides is 2. The average molecular weight is 377 g/mol. The van der Waals surface area contributed by atoms with Gasteiger partial charge in [-0.25, -0.2) is 9.59 Å². The van der Waals surface area contributed by atoms with Crippen molar-refractivity contribution in [1.82, 2.24) is 5.32 Å². The number of aromatic carboxylic acids is 1. The normalized spacial score (nSPS) is 13.3. The molecule has 2 amide bonds. The molecular weight excluding hydrogens is 360 g/mol. The Balaban J connectivity index is 2.66. The standard InChI is InChI=1S/C13H17BrN2O4S/c1-8(5-6-21(2)20)15-13(19)16-11-4-3-9(14)7-10(11)12(17)18/h3-4,7-8H,5-6H2,1-2H3,(H,17,18)(H2,15,16,19). The van der Waals surface area contributed by atoms with E-state index in [4.69, 9.17) is 5.11 Å². The van der Waals surface area contributed by atoms with E-state index in [0.717, 1.165) is 0 Å². The molecule has 2 unspecified atom stereocenters. The SMILES string of the molecule is CC(CCS(C)=O)NC(=O)Nc1ccc(Br)cc1C(=O)O. The summed E-state index contributed by atoms with van der Waals surface area (Å²) < 4.78 is 11.6. The number of carboxylic acids is 1. The highest BCUT2D eigenvalue weighted by atomic mass is 79.9. The van der Waals surface area contributed by atoms with E-state index in [-0.39, 0.29) is 17.3 Å². The third-order valence-electron chi connectivity index (χ3n) is 2.68. The number of rotatable bonds is 6. The van der Waals surface area contributed by atoms with Crippen LogP contribution in [0.4, 0.5) is 10.5 Å². The Hall–Kier alpha value is -1.41. The largest absolute Gasteiger partial charge is 0.478 e. The predicted octanol–water partition coefficient (Wildman–Crippen LogP) is 2.43. The second kappa shape index (κ2) is 8.14. The van der Waals surface area contributed by atoms with Crippen molar-refractivity contribution >= 4 is 44.4 Å². The van der Waals surface area contributed by atoms with Gasteiger partial charge in [0.1, 0.15) is 0 Å². The zero-order chi connectivity index (χ0) is 16.0. The van der Waals surface area contributed by atoms with Gasteiger partial charge < -0.3 is 15.7 Å². The highest BCUT2D eigenvalue weighted by Gasteiger charge is 2.14. The minimum atomic E-state index is -1.12. The fraction of sp³-hybridized carbons (Fsp3) is 0.385. The Bertz CT molecular complexity index is 565. The topological polar surface area (TPSA) is 95.5 Å². The van der Waals surface area contributed by atoms with Crippen LogP contribution in [0.1, 0.15) is 23.7 Å². The van der Waals surface area contributed by atoms with Gasteiger partial charge in [-0.2, -0.15) is 0 Å². The van der Waals surface area contributed by atoms with Gasteiger partial charge in [0.25, 0.3) is 0 Å². The second-order valence-corrected chi connectivity index (χ2v) is 7.03. The van der Waals surface area contributed by atoms with E-state index >= 15 is 0 Å². The zero-order valence-electron chi connectivity index (χ0n) is 11.7. The second-order valence-electron chi connectivity index (χ2n) is 4.56. The van der Waals surface area contributed by atoms with Gasteiger partial charge in [-0.05, 0) is 31.5 Å². The predicted molar refractivity (Wildman–Crippen MR) is 86.3 cm³/mol. The highest BCUT2D eigenvalue weighted by Crippen LogP contribution is 2.21. The van der Waals surface area contributed by atoms with Gasteiger partial charge in [0.2, 0.25) is 0 Å². The van der Waals surface area contributed by atoms with Crippen molar-refractivity contribution in [3.63, 3.8) is 0 Å². The van der Waals surface area contributed by atoms with E-state index in [0.29, 0.717) is 16.6 Å². The summed E-state index contributed by atoms with van der Waals surface area (Å²) in [5.41, 5.74) is 0.219. The number of carbonyl (C=O) groups is 2. The van der Waals surface area contributed by atoms with Gasteiger partial charge in [-0.15, -0.1) is 0 Å². The molecule has 0 bridgehead atoms. The van der Waals surface area contributed by atoms with E-state index in [2.05, 4.69) is 26.6 Å². The molecule has 0 spiro atoms. The summed E-state index contributed by atoms with van der Waals surface area (Å²) in [6.07, 6.45) is 2.19. The third kappa shape index (κ3) is 6.26. The first-order chi connectivity index (χ1) is 9.79. The molecule has 1 aromatic carbocycles. The summed E-state index contributed by atoms with van der Waals surface area (Å²) >= 11 is 3.18. The van der Waals surface area contributed by atoms with Gasteiger partial charge in [-0.1, -0.05) is 15.9 Å². The number of urea groups is 1. The number of benzene rings is 1. The molecule has 0 heterocycles. The molecule has 0 saturated carbocycles. The minimum absolute atomic E-state index is 0.00170. The third-order valence-corrected chi connectivity index (χ3v) is 3.98. The Morgan fingerprint density at radius 3 is 2.67 bits per heavy atom. The quantitative estimate of drug-likeness (QED) is 0.710. The van der Waals surface area contributed by atoms with E-state index in [1.165, 1.54) is 12.1 Å². The molecule has 0 aliphatic heterocycles. The van der Waals surface area contributed by atoms with Gasteiger partial charge in [0.15, 0.2) is 0 Å². The van der Waals surface area contributed by atoms with Crippen molar-refractivity contribution in [3.8, 4) is 0 Å². The highest BCUT2D eigenvalue weighted by molar-refractivity contribution is 9.10. The van der Waals surface area contributed by atoms with Crippen LogP contribution in [0.3, 0.4) is 0 Å². The van der Waals surface area contributed by atoms with Crippen LogP contribution in [0.25, 0.3) is 0 Å². The summed E-state index contributed by atoms with van der Waals surface area (Å²) in [6, 6.07) is 3.93. The number of halogens is 1. The smallest absolute Gasteiger partial charge is 0.337 e. The number of nitrogens with one attached hydrogen (secondary N) is 2. The Kier molecular flexibility index (Phi) is 6.83. The van der Waals surface area contributed by atoms with Crippen LogP contribution >= 0.6 is 15.9 Å². The summed E-state index contributed by atoms with van der Waals surface area (Å²) in [7, 11) is -0.906. The molecule has 0 fully saturated rings. The molecule has 3 N–H and O–H groups in total. The van der Waals surface area contributed by atoms with Crippen molar-refractivity contribution in [2.45, 2.75) is 19.4 Å². The first-order valence-electron chi connectivity index (χ1n) is 6.20. The maximum atomic E-state index is 11.8. The number of carboxylic acid groups (broad SMARTS) is 1. The summed E-state index contributed by atoms with van der Waals surface area (Å²) in [6.45, 7) is 1.80. The van der Waals surface area contributed by atoms with E-state index in [1.807, 2.05) is 0 Å². The van der Waals surface area contributed by atoms with Crippen molar-refractivity contribution < 1.29 is 18.9 Å². The van der Waals surface area contributed by atoms with Crippen LogP contribution in [0.15, 0.2) is 22.7 Å². The zero-order valence-corrected chi connectivity index (χ0v) is 14.1. The molecular formula is C13H17BrN2O4S. The molecule has 0 radical (unpaired) electrons. The van der Waals surface area contributed by atoms with Crippen LogP contribution in [0, 0.1) is 0 Å². The molecule has 8 heteroatoms. The van der Waals surface area contributed by atoms with Crippen LogP contribution in [-0.2, 0) is 10.8 Å². The van der Waals surface area contributed by atoms with Crippen molar-refractivity contribution in [2.75, 3.05) is 17.3 Å². The van der Waals surface area contributed by atoms with E-state index < -0.39 is 22.8 Å². The monoisotopic (exact) mass is 376 g/mol. The Morgan fingerprint density at radius 2 is 2.10 bits per heavy atom. The Labute approximate surface area is 133 Å². The number of hydrogen-bond donors (Lipinski definition) is 3. The van der Waals surface area contributed by atoms with Crippen molar-refractivity contribution in [3.05, 3.63) is 28.2 Å². The molecule has 2 atom stereocenters. The van der Waals surface area contributed by atoms with Crippen molar-refractivity contribution in [1.29, 1.82) is 0 Å². The lowest BCUT2D eigenvalue weighted by Gasteiger charge is -2.15. The molecule has 1 rings (SSSR count).